The van der Waals surface area contributed by atoms with Crippen molar-refractivity contribution in [3.63, 3.8) is 0 Å². The number of likely N-dealkylation sites (tertiary alicyclic amines) is 1. The quantitative estimate of drug-likeness (QED) is 0.731. The number of carbonyl (C=O) groups is 2. The van der Waals surface area contributed by atoms with E-state index in [1.54, 1.807) is 4.90 Å². The minimum atomic E-state index is -0.650. The standard InChI is InChI=1S/C21H32N2O4/c1-4-15(3)19(20(25)23-13-9-12-17(23)18(24)5-2)22-21(26)27-14-16-10-7-6-8-11-16/h6-8,10-11,15,17-19,24H,4-5,9,12-14H2,1-3H3,(H,22,26)/t15-,17?,18-,19-/m1/s1. The molecule has 1 aromatic carbocycles. The number of amides is 2. The predicted molar refractivity (Wildman–Crippen MR) is 104 cm³/mol. The van der Waals surface area contributed by atoms with Gasteiger partial charge in [-0.05, 0) is 30.7 Å². The van der Waals surface area contributed by atoms with Crippen LogP contribution in [0.15, 0.2) is 30.3 Å². The first-order valence-corrected chi connectivity index (χ1v) is 9.93. The Bertz CT molecular complexity index is 607. The molecule has 0 saturated carbocycles. The maximum absolute atomic E-state index is 13.1. The molecule has 0 aliphatic carbocycles. The molecule has 2 N–H and O–H groups in total. The van der Waals surface area contributed by atoms with E-state index in [1.165, 1.54) is 0 Å². The highest BCUT2D eigenvalue weighted by atomic mass is 16.5. The zero-order chi connectivity index (χ0) is 19.8. The minimum absolute atomic E-state index is 0.0261. The molecule has 1 unspecified atom stereocenters. The number of aliphatic hydroxyl groups excluding tert-OH is 1. The maximum Gasteiger partial charge on any atom is 0.408 e. The zero-order valence-electron chi connectivity index (χ0n) is 16.6. The van der Waals surface area contributed by atoms with Gasteiger partial charge in [0.25, 0.3) is 0 Å². The number of benzene rings is 1. The van der Waals surface area contributed by atoms with Gasteiger partial charge in [-0.15, -0.1) is 0 Å². The van der Waals surface area contributed by atoms with Crippen LogP contribution in [0.1, 0.15) is 52.0 Å². The van der Waals surface area contributed by atoms with Crippen molar-refractivity contribution in [2.75, 3.05) is 6.54 Å². The molecule has 1 aliphatic rings. The smallest absolute Gasteiger partial charge is 0.408 e. The van der Waals surface area contributed by atoms with Crippen molar-refractivity contribution in [1.29, 1.82) is 0 Å². The van der Waals surface area contributed by atoms with Crippen LogP contribution in [0.25, 0.3) is 0 Å². The lowest BCUT2D eigenvalue weighted by molar-refractivity contribution is -0.137. The molecule has 0 spiro atoms. The largest absolute Gasteiger partial charge is 0.445 e. The number of hydrogen-bond donors (Lipinski definition) is 2. The van der Waals surface area contributed by atoms with Crippen LogP contribution < -0.4 is 5.32 Å². The van der Waals surface area contributed by atoms with Gasteiger partial charge in [0.15, 0.2) is 0 Å². The average Bonchev–Trinajstić information content (AvgIpc) is 3.19. The normalized spacial score (nSPS) is 20.0. The fraction of sp³-hybridized carbons (Fsp3) is 0.619. The topological polar surface area (TPSA) is 78.9 Å². The van der Waals surface area contributed by atoms with E-state index in [4.69, 9.17) is 4.74 Å². The Morgan fingerprint density at radius 2 is 1.96 bits per heavy atom. The fourth-order valence-electron chi connectivity index (χ4n) is 3.49. The molecule has 1 aromatic rings. The third kappa shape index (κ3) is 5.70. The van der Waals surface area contributed by atoms with E-state index in [-0.39, 0.29) is 24.5 Å². The van der Waals surface area contributed by atoms with Gasteiger partial charge >= 0.3 is 6.09 Å². The number of carbonyl (C=O) groups excluding carboxylic acids is 2. The molecule has 1 fully saturated rings. The van der Waals surface area contributed by atoms with Gasteiger partial charge in [-0.25, -0.2) is 4.79 Å². The Morgan fingerprint density at radius 3 is 2.59 bits per heavy atom. The van der Waals surface area contributed by atoms with E-state index >= 15 is 0 Å². The van der Waals surface area contributed by atoms with Crippen LogP contribution in [0.5, 0.6) is 0 Å². The van der Waals surface area contributed by atoms with E-state index in [9.17, 15) is 14.7 Å². The van der Waals surface area contributed by atoms with Crippen LogP contribution in [-0.4, -0.2) is 46.7 Å². The second kappa shape index (κ2) is 10.3. The predicted octanol–water partition coefficient (Wildman–Crippen LogP) is 3.09. The highest BCUT2D eigenvalue weighted by Gasteiger charge is 2.38. The molecule has 4 atom stereocenters. The van der Waals surface area contributed by atoms with Crippen LogP contribution in [0.4, 0.5) is 4.79 Å². The van der Waals surface area contributed by atoms with Crippen molar-refractivity contribution in [3.8, 4) is 0 Å². The molecule has 1 aliphatic heterocycles. The number of alkyl carbamates (subject to hydrolysis) is 1. The van der Waals surface area contributed by atoms with E-state index in [0.29, 0.717) is 13.0 Å². The molecule has 1 saturated heterocycles. The molecule has 6 heteroatoms. The van der Waals surface area contributed by atoms with Gasteiger partial charge in [0.2, 0.25) is 5.91 Å². The van der Waals surface area contributed by atoms with Gasteiger partial charge in [-0.1, -0.05) is 57.5 Å². The molecular weight excluding hydrogens is 344 g/mol. The van der Waals surface area contributed by atoms with Crippen molar-refractivity contribution in [3.05, 3.63) is 35.9 Å². The van der Waals surface area contributed by atoms with Crippen molar-refractivity contribution in [1.82, 2.24) is 10.2 Å². The number of aliphatic hydroxyl groups is 1. The second-order valence-electron chi connectivity index (χ2n) is 7.29. The summed E-state index contributed by atoms with van der Waals surface area (Å²) in [5.74, 6) is -0.155. The summed E-state index contributed by atoms with van der Waals surface area (Å²) in [6.07, 6.45) is 1.91. The minimum Gasteiger partial charge on any atom is -0.445 e. The molecule has 0 aromatic heterocycles. The number of nitrogens with one attached hydrogen (secondary N) is 1. The summed E-state index contributed by atoms with van der Waals surface area (Å²) in [6, 6.07) is 8.61. The van der Waals surface area contributed by atoms with Crippen molar-refractivity contribution >= 4 is 12.0 Å². The van der Waals surface area contributed by atoms with Crippen LogP contribution >= 0.6 is 0 Å². The van der Waals surface area contributed by atoms with Gasteiger partial charge in [0.1, 0.15) is 12.6 Å². The average molecular weight is 376 g/mol. The summed E-state index contributed by atoms with van der Waals surface area (Å²) in [7, 11) is 0. The monoisotopic (exact) mass is 376 g/mol. The second-order valence-corrected chi connectivity index (χ2v) is 7.29. The first kappa shape index (κ1) is 21.2. The maximum atomic E-state index is 13.1. The van der Waals surface area contributed by atoms with Crippen molar-refractivity contribution in [2.24, 2.45) is 5.92 Å². The molecule has 2 amide bonds. The van der Waals surface area contributed by atoms with Gasteiger partial charge < -0.3 is 20.1 Å². The Hall–Kier alpha value is -2.08. The van der Waals surface area contributed by atoms with Gasteiger partial charge in [-0.3, -0.25) is 4.79 Å². The number of hydrogen-bond acceptors (Lipinski definition) is 4. The summed E-state index contributed by atoms with van der Waals surface area (Å²) in [4.78, 5) is 27.2. The van der Waals surface area contributed by atoms with Crippen LogP contribution in [0.3, 0.4) is 0 Å². The van der Waals surface area contributed by atoms with Gasteiger partial charge in [-0.2, -0.15) is 0 Å². The highest BCUT2D eigenvalue weighted by Crippen LogP contribution is 2.24. The molecule has 27 heavy (non-hydrogen) atoms. The van der Waals surface area contributed by atoms with Crippen LogP contribution in [-0.2, 0) is 16.1 Å². The lowest BCUT2D eigenvalue weighted by atomic mass is 9.97. The van der Waals surface area contributed by atoms with E-state index < -0.39 is 18.2 Å². The highest BCUT2D eigenvalue weighted by molar-refractivity contribution is 5.86. The fourth-order valence-corrected chi connectivity index (χ4v) is 3.49. The summed E-state index contributed by atoms with van der Waals surface area (Å²) < 4.78 is 5.29. The zero-order valence-corrected chi connectivity index (χ0v) is 16.6. The lowest BCUT2D eigenvalue weighted by Crippen LogP contribution is -2.54. The van der Waals surface area contributed by atoms with E-state index in [2.05, 4.69) is 5.32 Å². The Labute approximate surface area is 161 Å². The molecule has 0 bridgehead atoms. The summed E-state index contributed by atoms with van der Waals surface area (Å²) >= 11 is 0. The van der Waals surface area contributed by atoms with Crippen LogP contribution in [0.2, 0.25) is 0 Å². The summed E-state index contributed by atoms with van der Waals surface area (Å²) in [5.41, 5.74) is 0.893. The molecule has 0 radical (unpaired) electrons. The number of nitrogens with zero attached hydrogens (tertiary/aromatic N) is 1. The molecule has 1 heterocycles. The van der Waals surface area contributed by atoms with E-state index in [1.807, 2.05) is 51.1 Å². The SMILES string of the molecule is CC[C@@H](O)C1CCCN1C(=O)[C@H](NC(=O)OCc1ccccc1)[C@H](C)CC. The first-order chi connectivity index (χ1) is 13.0. The number of rotatable bonds is 8. The summed E-state index contributed by atoms with van der Waals surface area (Å²) in [6.45, 7) is 6.63. The molecule has 150 valence electrons. The first-order valence-electron chi connectivity index (χ1n) is 9.93. The van der Waals surface area contributed by atoms with Crippen LogP contribution in [0, 0.1) is 5.92 Å². The van der Waals surface area contributed by atoms with E-state index in [0.717, 1.165) is 24.8 Å². The molecule has 2 rings (SSSR count). The molecular formula is C21H32N2O4. The van der Waals surface area contributed by atoms with Gasteiger partial charge in [0, 0.05) is 6.54 Å². The van der Waals surface area contributed by atoms with Gasteiger partial charge in [0.05, 0.1) is 12.1 Å². The van der Waals surface area contributed by atoms with Crippen molar-refractivity contribution in [2.45, 2.75) is 71.2 Å². The summed E-state index contributed by atoms with van der Waals surface area (Å²) in [5, 5.41) is 13.0. The number of ether oxygens (including phenoxy) is 1. The Morgan fingerprint density at radius 1 is 1.26 bits per heavy atom. The Balaban J connectivity index is 2.01. The lowest BCUT2D eigenvalue weighted by Gasteiger charge is -2.33. The third-order valence-electron chi connectivity index (χ3n) is 5.41. The van der Waals surface area contributed by atoms with Crippen molar-refractivity contribution < 1.29 is 19.4 Å². The molecule has 6 nitrogen and oxygen atoms in total. The third-order valence-corrected chi connectivity index (χ3v) is 5.41. The Kier molecular flexibility index (Phi) is 8.10.